The number of halogens is 2. The molecule has 2 aliphatic heterocycles. The maximum absolute atomic E-state index is 14.4. The van der Waals surface area contributed by atoms with Crippen LogP contribution in [-0.4, -0.2) is 42.5 Å². The van der Waals surface area contributed by atoms with E-state index in [1.54, 1.807) is 6.07 Å². The van der Waals surface area contributed by atoms with Gasteiger partial charge in [-0.05, 0) is 45.6 Å². The smallest absolute Gasteiger partial charge is 0.399 e. The quantitative estimate of drug-likeness (QED) is 0.799. The van der Waals surface area contributed by atoms with Crippen molar-refractivity contribution >= 4 is 12.6 Å². The van der Waals surface area contributed by atoms with Gasteiger partial charge in [-0.25, -0.2) is 8.78 Å². The first kappa shape index (κ1) is 16.9. The molecule has 3 nitrogen and oxygen atoms in total. The third kappa shape index (κ3) is 3.30. The molecule has 0 N–H and O–H groups in total. The van der Waals surface area contributed by atoms with E-state index in [-0.39, 0.29) is 5.82 Å². The highest BCUT2D eigenvalue weighted by atomic mass is 19.1. The molecule has 0 aliphatic carbocycles. The highest BCUT2D eigenvalue weighted by Crippen LogP contribution is 2.36. The zero-order valence-electron chi connectivity index (χ0n) is 14.2. The van der Waals surface area contributed by atoms with E-state index >= 15 is 0 Å². The Bertz CT molecular complexity index is 578. The van der Waals surface area contributed by atoms with Gasteiger partial charge in [-0.1, -0.05) is 12.1 Å². The number of hydrogen-bond donors (Lipinski definition) is 0. The summed E-state index contributed by atoms with van der Waals surface area (Å²) in [5, 5.41) is 0. The van der Waals surface area contributed by atoms with Crippen LogP contribution < -0.4 is 5.46 Å². The second-order valence-corrected chi connectivity index (χ2v) is 7.56. The van der Waals surface area contributed by atoms with Crippen molar-refractivity contribution < 1.29 is 18.1 Å². The standard InChI is InChI=1S/C17H24BF2NO2/c1-16(2)17(3,4)23-18(22-16)13-6-5-12(15(20)9-13)10-21-8-7-14(19)11-21/h5-6,9,14H,7-8,10-11H2,1-4H3. The molecular weight excluding hydrogens is 299 g/mol. The minimum absolute atomic E-state index is 0.292. The molecule has 126 valence electrons. The van der Waals surface area contributed by atoms with Crippen LogP contribution in [0.4, 0.5) is 8.78 Å². The van der Waals surface area contributed by atoms with Crippen LogP contribution in [0.15, 0.2) is 18.2 Å². The van der Waals surface area contributed by atoms with Gasteiger partial charge in [-0.2, -0.15) is 0 Å². The van der Waals surface area contributed by atoms with Crippen LogP contribution in [-0.2, 0) is 15.9 Å². The van der Waals surface area contributed by atoms with E-state index in [1.807, 2.05) is 38.7 Å². The van der Waals surface area contributed by atoms with Crippen molar-refractivity contribution in [3.63, 3.8) is 0 Å². The van der Waals surface area contributed by atoms with Crippen molar-refractivity contribution in [1.82, 2.24) is 4.90 Å². The van der Waals surface area contributed by atoms with Gasteiger partial charge in [0.15, 0.2) is 0 Å². The lowest BCUT2D eigenvalue weighted by atomic mass is 9.78. The number of benzene rings is 1. The van der Waals surface area contributed by atoms with E-state index in [0.717, 1.165) is 0 Å². The van der Waals surface area contributed by atoms with Gasteiger partial charge in [0.05, 0.1) is 11.2 Å². The van der Waals surface area contributed by atoms with Crippen LogP contribution >= 0.6 is 0 Å². The van der Waals surface area contributed by atoms with Crippen LogP contribution in [0.1, 0.15) is 39.7 Å². The van der Waals surface area contributed by atoms with Crippen molar-refractivity contribution in [3.05, 3.63) is 29.6 Å². The molecule has 2 saturated heterocycles. The van der Waals surface area contributed by atoms with Gasteiger partial charge in [-0.3, -0.25) is 4.90 Å². The molecule has 0 aromatic heterocycles. The number of nitrogens with zero attached hydrogens (tertiary/aromatic N) is 1. The molecule has 23 heavy (non-hydrogen) atoms. The Morgan fingerprint density at radius 3 is 2.39 bits per heavy atom. The summed E-state index contributed by atoms with van der Waals surface area (Å²) in [5.41, 5.74) is 0.367. The largest absolute Gasteiger partial charge is 0.494 e. The van der Waals surface area contributed by atoms with Gasteiger partial charge >= 0.3 is 7.12 Å². The average Bonchev–Trinajstić information content (AvgIpc) is 2.93. The molecule has 0 spiro atoms. The fourth-order valence-electron chi connectivity index (χ4n) is 2.99. The van der Waals surface area contributed by atoms with Gasteiger partial charge in [-0.15, -0.1) is 0 Å². The van der Waals surface area contributed by atoms with Crippen LogP contribution in [0.25, 0.3) is 0 Å². The summed E-state index contributed by atoms with van der Waals surface area (Å²) in [7, 11) is -0.564. The van der Waals surface area contributed by atoms with E-state index in [0.29, 0.717) is 37.1 Å². The first-order valence-electron chi connectivity index (χ1n) is 8.18. The zero-order valence-corrected chi connectivity index (χ0v) is 14.2. The molecule has 0 saturated carbocycles. The Labute approximate surface area is 137 Å². The van der Waals surface area contributed by atoms with E-state index in [4.69, 9.17) is 9.31 Å². The molecule has 2 heterocycles. The predicted octanol–water partition coefficient (Wildman–Crippen LogP) is 2.67. The monoisotopic (exact) mass is 323 g/mol. The summed E-state index contributed by atoms with van der Waals surface area (Å²) in [6, 6.07) is 5.06. The molecular formula is C17H24BF2NO2. The average molecular weight is 323 g/mol. The molecule has 1 atom stereocenters. The SMILES string of the molecule is CC1(C)OB(c2ccc(CN3CCC(F)C3)c(F)c2)OC1(C)C. The van der Waals surface area contributed by atoms with E-state index < -0.39 is 24.5 Å². The lowest BCUT2D eigenvalue weighted by Gasteiger charge is -2.32. The minimum Gasteiger partial charge on any atom is -0.399 e. The van der Waals surface area contributed by atoms with Crippen molar-refractivity contribution in [1.29, 1.82) is 0 Å². The molecule has 6 heteroatoms. The van der Waals surface area contributed by atoms with Crippen molar-refractivity contribution in [2.75, 3.05) is 13.1 Å². The van der Waals surface area contributed by atoms with Crippen molar-refractivity contribution in [2.24, 2.45) is 0 Å². The molecule has 0 amide bonds. The second-order valence-electron chi connectivity index (χ2n) is 7.56. The first-order valence-corrected chi connectivity index (χ1v) is 8.18. The summed E-state index contributed by atoms with van der Waals surface area (Å²) in [6.07, 6.45) is -0.254. The summed E-state index contributed by atoms with van der Waals surface area (Å²) in [4.78, 5) is 1.94. The Kier molecular flexibility index (Phi) is 4.28. The van der Waals surface area contributed by atoms with Gasteiger partial charge < -0.3 is 9.31 Å². The second kappa shape index (κ2) is 5.83. The van der Waals surface area contributed by atoms with Crippen molar-refractivity contribution in [2.45, 2.75) is 58.0 Å². The molecule has 2 aliphatic rings. The Hall–Kier alpha value is -0.975. The lowest BCUT2D eigenvalue weighted by Crippen LogP contribution is -2.41. The Morgan fingerprint density at radius 1 is 1.22 bits per heavy atom. The normalized spacial score (nSPS) is 26.9. The fraction of sp³-hybridized carbons (Fsp3) is 0.647. The lowest BCUT2D eigenvalue weighted by molar-refractivity contribution is 0.00578. The molecule has 0 bridgehead atoms. The topological polar surface area (TPSA) is 21.7 Å². The predicted molar refractivity (Wildman–Crippen MR) is 86.9 cm³/mol. The maximum Gasteiger partial charge on any atom is 0.494 e. The van der Waals surface area contributed by atoms with Gasteiger partial charge in [0.25, 0.3) is 0 Å². The summed E-state index contributed by atoms with van der Waals surface area (Å²) in [6.45, 7) is 9.39. The highest BCUT2D eigenvalue weighted by Gasteiger charge is 2.51. The van der Waals surface area contributed by atoms with Crippen LogP contribution in [0.2, 0.25) is 0 Å². The van der Waals surface area contributed by atoms with Crippen LogP contribution in [0.3, 0.4) is 0 Å². The van der Waals surface area contributed by atoms with Crippen LogP contribution in [0, 0.1) is 5.82 Å². The maximum atomic E-state index is 14.4. The third-order valence-electron chi connectivity index (χ3n) is 5.21. The first-order chi connectivity index (χ1) is 10.7. The molecule has 1 aromatic rings. The number of hydrogen-bond acceptors (Lipinski definition) is 3. The van der Waals surface area contributed by atoms with Gasteiger partial charge in [0.1, 0.15) is 12.0 Å². The molecule has 3 rings (SSSR count). The minimum atomic E-state index is -0.790. The highest BCUT2D eigenvalue weighted by molar-refractivity contribution is 6.62. The summed E-state index contributed by atoms with van der Waals surface area (Å²) in [5.74, 6) is -0.292. The summed E-state index contributed by atoms with van der Waals surface area (Å²) < 4.78 is 39.5. The number of likely N-dealkylation sites (tertiary alicyclic amines) is 1. The zero-order chi connectivity index (χ0) is 16.8. The van der Waals surface area contributed by atoms with Gasteiger partial charge in [0.2, 0.25) is 0 Å². The van der Waals surface area contributed by atoms with E-state index in [9.17, 15) is 8.78 Å². The number of rotatable bonds is 3. The number of alkyl halides is 1. The van der Waals surface area contributed by atoms with E-state index in [2.05, 4.69) is 0 Å². The molecule has 0 radical (unpaired) electrons. The van der Waals surface area contributed by atoms with Gasteiger partial charge in [0, 0.05) is 25.2 Å². The molecule has 1 unspecified atom stereocenters. The fourth-order valence-corrected chi connectivity index (χ4v) is 2.99. The third-order valence-corrected chi connectivity index (χ3v) is 5.21. The molecule has 1 aromatic carbocycles. The Morgan fingerprint density at radius 2 is 1.87 bits per heavy atom. The Balaban J connectivity index is 1.73. The van der Waals surface area contributed by atoms with E-state index in [1.165, 1.54) is 6.07 Å². The summed E-state index contributed by atoms with van der Waals surface area (Å²) >= 11 is 0. The molecule has 2 fully saturated rings. The van der Waals surface area contributed by atoms with Crippen molar-refractivity contribution in [3.8, 4) is 0 Å². The van der Waals surface area contributed by atoms with Crippen LogP contribution in [0.5, 0.6) is 0 Å².